The van der Waals surface area contributed by atoms with Crippen molar-refractivity contribution in [1.82, 2.24) is 14.7 Å². The van der Waals surface area contributed by atoms with E-state index in [-0.39, 0.29) is 11.9 Å². The Morgan fingerprint density at radius 2 is 2.19 bits per heavy atom. The van der Waals surface area contributed by atoms with Gasteiger partial charge in [-0.15, -0.1) is 11.8 Å². The number of amides is 1. The molecular formula is C16H21N3OS. The maximum absolute atomic E-state index is 12.4. The molecule has 5 heteroatoms. The summed E-state index contributed by atoms with van der Waals surface area (Å²) in [7, 11) is 1.82. The lowest BCUT2D eigenvalue weighted by Crippen LogP contribution is -2.25. The molecule has 0 aliphatic heterocycles. The number of hydrogen-bond donors (Lipinski definition) is 0. The minimum Gasteiger partial charge on any atom is -0.337 e. The molecule has 0 aliphatic rings. The largest absolute Gasteiger partial charge is 0.337 e. The molecule has 0 saturated carbocycles. The first kappa shape index (κ1) is 15.6. The molecule has 1 heterocycles. The number of hydrogen-bond acceptors (Lipinski definition) is 3. The normalized spacial score (nSPS) is 10.9. The molecule has 4 nitrogen and oxygen atoms in total. The Morgan fingerprint density at radius 1 is 1.43 bits per heavy atom. The third-order valence-corrected chi connectivity index (χ3v) is 4.00. The van der Waals surface area contributed by atoms with Gasteiger partial charge >= 0.3 is 0 Å². The molecule has 0 fully saturated rings. The first-order valence-corrected chi connectivity index (χ1v) is 8.16. The zero-order chi connectivity index (χ0) is 15.4. The molecule has 21 heavy (non-hydrogen) atoms. The van der Waals surface area contributed by atoms with E-state index in [1.54, 1.807) is 27.5 Å². The lowest BCUT2D eigenvalue weighted by atomic mass is 10.2. The fraction of sp³-hybridized carbons (Fsp3) is 0.375. The molecule has 0 spiro atoms. The number of benzene rings is 1. The van der Waals surface area contributed by atoms with E-state index in [1.165, 1.54) is 4.90 Å². The Kier molecular flexibility index (Phi) is 5.07. The number of nitrogens with zero attached hydrogens (tertiary/aromatic N) is 3. The van der Waals surface area contributed by atoms with Crippen LogP contribution in [0, 0.1) is 0 Å². The van der Waals surface area contributed by atoms with Crippen LogP contribution in [0.4, 0.5) is 0 Å². The number of aromatic nitrogens is 2. The Bertz CT molecular complexity index is 621. The Labute approximate surface area is 130 Å². The van der Waals surface area contributed by atoms with Crippen LogP contribution in [0.5, 0.6) is 0 Å². The van der Waals surface area contributed by atoms with Crippen LogP contribution in [0.3, 0.4) is 0 Å². The Morgan fingerprint density at radius 3 is 2.81 bits per heavy atom. The molecule has 1 amide bonds. The van der Waals surface area contributed by atoms with Crippen LogP contribution in [0.25, 0.3) is 0 Å². The van der Waals surface area contributed by atoms with Crippen molar-refractivity contribution in [2.45, 2.75) is 31.3 Å². The molecular weight excluding hydrogens is 282 g/mol. The van der Waals surface area contributed by atoms with E-state index in [0.29, 0.717) is 12.1 Å². The van der Waals surface area contributed by atoms with Gasteiger partial charge in [0, 0.05) is 30.7 Å². The smallest absolute Gasteiger partial charge is 0.257 e. The highest BCUT2D eigenvalue weighted by molar-refractivity contribution is 7.98. The van der Waals surface area contributed by atoms with Crippen LogP contribution in [-0.2, 0) is 6.54 Å². The maximum atomic E-state index is 12.4. The van der Waals surface area contributed by atoms with Gasteiger partial charge in [0.1, 0.15) is 0 Å². The fourth-order valence-corrected chi connectivity index (χ4v) is 2.55. The van der Waals surface area contributed by atoms with Crippen LogP contribution in [0.2, 0.25) is 0 Å². The molecule has 112 valence electrons. The van der Waals surface area contributed by atoms with Gasteiger partial charge in [-0.3, -0.25) is 9.48 Å². The predicted octanol–water partition coefficient (Wildman–Crippen LogP) is 3.46. The van der Waals surface area contributed by atoms with Crippen molar-refractivity contribution in [2.24, 2.45) is 0 Å². The van der Waals surface area contributed by atoms with E-state index in [1.807, 2.05) is 45.5 Å². The van der Waals surface area contributed by atoms with Crippen molar-refractivity contribution in [3.8, 4) is 0 Å². The summed E-state index contributed by atoms with van der Waals surface area (Å²) in [6.07, 6.45) is 5.49. The zero-order valence-corrected chi connectivity index (χ0v) is 13.7. The number of thioether (sulfide) groups is 1. The number of carbonyl (C=O) groups is 1. The molecule has 0 bridgehead atoms. The molecule has 0 unspecified atom stereocenters. The summed E-state index contributed by atoms with van der Waals surface area (Å²) in [4.78, 5) is 15.3. The van der Waals surface area contributed by atoms with E-state index in [0.717, 1.165) is 5.56 Å². The van der Waals surface area contributed by atoms with Crippen LogP contribution in [0.1, 0.15) is 35.8 Å². The molecule has 0 radical (unpaired) electrons. The van der Waals surface area contributed by atoms with Gasteiger partial charge in [0.2, 0.25) is 0 Å². The van der Waals surface area contributed by atoms with Crippen molar-refractivity contribution in [1.29, 1.82) is 0 Å². The quantitative estimate of drug-likeness (QED) is 0.794. The van der Waals surface area contributed by atoms with E-state index >= 15 is 0 Å². The summed E-state index contributed by atoms with van der Waals surface area (Å²) in [5, 5.41) is 4.22. The molecule has 1 aromatic carbocycles. The summed E-state index contributed by atoms with van der Waals surface area (Å²) in [5.74, 6) is -0.00328. The summed E-state index contributed by atoms with van der Waals surface area (Å²) in [5.41, 5.74) is 1.76. The van der Waals surface area contributed by atoms with Crippen molar-refractivity contribution < 1.29 is 4.79 Å². The predicted molar refractivity (Wildman–Crippen MR) is 86.6 cm³/mol. The van der Waals surface area contributed by atoms with Crippen molar-refractivity contribution >= 4 is 17.7 Å². The van der Waals surface area contributed by atoms with Gasteiger partial charge in [0.05, 0.1) is 11.8 Å². The minimum atomic E-state index is -0.00328. The van der Waals surface area contributed by atoms with Gasteiger partial charge in [-0.1, -0.05) is 12.1 Å². The zero-order valence-electron chi connectivity index (χ0n) is 12.9. The third-order valence-electron chi connectivity index (χ3n) is 3.28. The molecule has 2 aromatic rings. The van der Waals surface area contributed by atoms with E-state index in [4.69, 9.17) is 0 Å². The average molecular weight is 303 g/mol. The first-order valence-electron chi connectivity index (χ1n) is 6.94. The minimum absolute atomic E-state index is 0.00328. The highest BCUT2D eigenvalue weighted by Gasteiger charge is 2.15. The molecule has 0 N–H and O–H groups in total. The first-order chi connectivity index (χ1) is 10.0. The molecule has 0 aliphatic carbocycles. The SMILES string of the molecule is CSc1cccc(CN(C)C(=O)c2cnn(C(C)C)c2)c1. The lowest BCUT2D eigenvalue weighted by Gasteiger charge is -2.16. The maximum Gasteiger partial charge on any atom is 0.257 e. The van der Waals surface area contributed by atoms with Gasteiger partial charge in [0.15, 0.2) is 0 Å². The van der Waals surface area contributed by atoms with E-state index in [2.05, 4.69) is 17.2 Å². The monoisotopic (exact) mass is 303 g/mol. The summed E-state index contributed by atoms with van der Waals surface area (Å²) < 4.78 is 1.80. The van der Waals surface area contributed by atoms with E-state index < -0.39 is 0 Å². The van der Waals surface area contributed by atoms with Gasteiger partial charge in [0.25, 0.3) is 5.91 Å². The average Bonchev–Trinajstić information content (AvgIpc) is 2.96. The standard InChI is InChI=1S/C16H21N3OS/c1-12(2)19-11-14(9-17-19)16(20)18(3)10-13-6-5-7-15(8-13)21-4/h5-9,11-12H,10H2,1-4H3. The summed E-state index contributed by atoms with van der Waals surface area (Å²) in [6.45, 7) is 4.68. The second kappa shape index (κ2) is 6.80. The van der Waals surface area contributed by atoms with Gasteiger partial charge in [-0.05, 0) is 37.8 Å². The summed E-state index contributed by atoms with van der Waals surface area (Å²) >= 11 is 1.70. The van der Waals surface area contributed by atoms with Crippen LogP contribution in [0.15, 0.2) is 41.6 Å². The fourth-order valence-electron chi connectivity index (χ4n) is 2.07. The second-order valence-electron chi connectivity index (χ2n) is 5.32. The van der Waals surface area contributed by atoms with Crippen LogP contribution in [-0.4, -0.2) is 33.9 Å². The van der Waals surface area contributed by atoms with Crippen molar-refractivity contribution in [3.63, 3.8) is 0 Å². The van der Waals surface area contributed by atoms with E-state index in [9.17, 15) is 4.79 Å². The second-order valence-corrected chi connectivity index (χ2v) is 6.20. The van der Waals surface area contributed by atoms with Crippen LogP contribution < -0.4 is 0 Å². The topological polar surface area (TPSA) is 38.1 Å². The molecule has 2 rings (SSSR count). The third kappa shape index (κ3) is 3.88. The Balaban J connectivity index is 2.07. The highest BCUT2D eigenvalue weighted by Crippen LogP contribution is 2.17. The number of rotatable bonds is 5. The molecule has 1 aromatic heterocycles. The lowest BCUT2D eigenvalue weighted by molar-refractivity contribution is 0.0785. The Hall–Kier alpha value is -1.75. The van der Waals surface area contributed by atoms with Crippen molar-refractivity contribution in [3.05, 3.63) is 47.8 Å². The van der Waals surface area contributed by atoms with Crippen molar-refractivity contribution in [2.75, 3.05) is 13.3 Å². The molecule has 0 saturated heterocycles. The van der Waals surface area contributed by atoms with Gasteiger partial charge < -0.3 is 4.90 Å². The van der Waals surface area contributed by atoms with Gasteiger partial charge in [-0.25, -0.2) is 0 Å². The van der Waals surface area contributed by atoms with Gasteiger partial charge in [-0.2, -0.15) is 5.10 Å². The summed E-state index contributed by atoms with van der Waals surface area (Å²) in [6, 6.07) is 8.52. The number of carbonyl (C=O) groups excluding carboxylic acids is 1. The molecule has 0 atom stereocenters. The van der Waals surface area contributed by atoms with Crippen LogP contribution >= 0.6 is 11.8 Å². The highest BCUT2D eigenvalue weighted by atomic mass is 32.2.